The average Bonchev–Trinajstić information content (AvgIpc) is 3.02. The first kappa shape index (κ1) is 18.5. The van der Waals surface area contributed by atoms with Gasteiger partial charge in [0.15, 0.2) is 5.82 Å². The molecular formula is C16H20N4O5S. The fourth-order valence-electron chi connectivity index (χ4n) is 3.32. The number of nitro benzene ring substituents is 1. The summed E-state index contributed by atoms with van der Waals surface area (Å²) in [6.07, 6.45) is 3.72. The highest BCUT2D eigenvalue weighted by molar-refractivity contribution is 7.89. The van der Waals surface area contributed by atoms with Gasteiger partial charge in [-0.3, -0.25) is 10.1 Å². The van der Waals surface area contributed by atoms with E-state index in [0.717, 1.165) is 25.3 Å². The van der Waals surface area contributed by atoms with Crippen LogP contribution in [0.1, 0.15) is 49.4 Å². The topological polar surface area (TPSA) is 128 Å². The standard InChI is InChI=1S/C16H20N4O5S/c1-11-6-7-13(20(21)22)10-14(11)26(23,24)19-16(8-4-3-5-9-16)15-17-12(2)25-18-15/h6-7,10,19H,3-5,8-9H2,1-2H3. The molecule has 3 rings (SSSR count). The molecule has 0 unspecified atom stereocenters. The molecule has 0 radical (unpaired) electrons. The lowest BCUT2D eigenvalue weighted by Crippen LogP contribution is -2.48. The van der Waals surface area contributed by atoms with E-state index in [-0.39, 0.29) is 10.6 Å². The van der Waals surface area contributed by atoms with E-state index in [4.69, 9.17) is 4.52 Å². The highest BCUT2D eigenvalue weighted by atomic mass is 32.2. The highest BCUT2D eigenvalue weighted by Crippen LogP contribution is 2.37. The number of hydrogen-bond donors (Lipinski definition) is 1. The van der Waals surface area contributed by atoms with Gasteiger partial charge in [-0.05, 0) is 25.3 Å². The molecule has 140 valence electrons. The fraction of sp³-hybridized carbons (Fsp3) is 0.500. The van der Waals surface area contributed by atoms with Crippen LogP contribution >= 0.6 is 0 Å². The predicted octanol–water partition coefficient (Wildman–Crippen LogP) is 2.73. The van der Waals surface area contributed by atoms with Crippen molar-refractivity contribution in [2.45, 2.75) is 56.4 Å². The first-order valence-electron chi connectivity index (χ1n) is 8.33. The van der Waals surface area contributed by atoms with Gasteiger partial charge in [-0.25, -0.2) is 8.42 Å². The second-order valence-corrected chi connectivity index (χ2v) is 8.24. The fourth-order valence-corrected chi connectivity index (χ4v) is 5.01. The number of sulfonamides is 1. The molecule has 1 aliphatic carbocycles. The molecule has 0 atom stereocenters. The first-order chi connectivity index (χ1) is 12.2. The van der Waals surface area contributed by atoms with E-state index >= 15 is 0 Å². The lowest BCUT2D eigenvalue weighted by Gasteiger charge is -2.35. The minimum Gasteiger partial charge on any atom is -0.340 e. The van der Waals surface area contributed by atoms with E-state index in [1.165, 1.54) is 12.1 Å². The van der Waals surface area contributed by atoms with Crippen LogP contribution in [0.15, 0.2) is 27.6 Å². The third-order valence-electron chi connectivity index (χ3n) is 4.66. The van der Waals surface area contributed by atoms with E-state index in [1.54, 1.807) is 13.8 Å². The smallest absolute Gasteiger partial charge is 0.270 e. The van der Waals surface area contributed by atoms with Crippen LogP contribution in [0, 0.1) is 24.0 Å². The molecule has 1 fully saturated rings. The summed E-state index contributed by atoms with van der Waals surface area (Å²) in [6, 6.07) is 3.79. The lowest BCUT2D eigenvalue weighted by atomic mass is 9.82. The van der Waals surface area contributed by atoms with E-state index in [2.05, 4.69) is 14.9 Å². The third-order valence-corrected chi connectivity index (χ3v) is 6.34. The van der Waals surface area contributed by atoms with Gasteiger partial charge >= 0.3 is 0 Å². The number of rotatable bonds is 5. The molecule has 0 saturated heterocycles. The van der Waals surface area contributed by atoms with Gasteiger partial charge in [0.1, 0.15) is 0 Å². The van der Waals surface area contributed by atoms with Crippen molar-refractivity contribution in [1.82, 2.24) is 14.9 Å². The molecule has 1 aliphatic rings. The molecule has 1 heterocycles. The molecule has 9 nitrogen and oxygen atoms in total. The van der Waals surface area contributed by atoms with Gasteiger partial charge in [-0.15, -0.1) is 0 Å². The number of nitrogens with zero attached hydrogens (tertiary/aromatic N) is 3. The maximum absolute atomic E-state index is 13.1. The van der Waals surface area contributed by atoms with Gasteiger partial charge in [0.25, 0.3) is 5.69 Å². The van der Waals surface area contributed by atoms with Crippen LogP contribution in [0.25, 0.3) is 0 Å². The molecule has 2 aromatic rings. The van der Waals surface area contributed by atoms with E-state index in [9.17, 15) is 18.5 Å². The minimum atomic E-state index is -4.02. The average molecular weight is 380 g/mol. The van der Waals surface area contributed by atoms with E-state index in [0.29, 0.717) is 30.1 Å². The lowest BCUT2D eigenvalue weighted by molar-refractivity contribution is -0.385. The molecule has 1 N–H and O–H groups in total. The second kappa shape index (κ2) is 6.76. The molecular weight excluding hydrogens is 360 g/mol. The van der Waals surface area contributed by atoms with Gasteiger partial charge < -0.3 is 4.52 Å². The van der Waals surface area contributed by atoms with Crippen molar-refractivity contribution in [3.8, 4) is 0 Å². The van der Waals surface area contributed by atoms with Crippen molar-refractivity contribution < 1.29 is 17.9 Å². The highest BCUT2D eigenvalue weighted by Gasteiger charge is 2.42. The summed E-state index contributed by atoms with van der Waals surface area (Å²) < 4.78 is 33.9. The van der Waals surface area contributed by atoms with Crippen LogP contribution in [0.4, 0.5) is 5.69 Å². The Morgan fingerprint density at radius 2 is 1.92 bits per heavy atom. The Balaban J connectivity index is 2.03. The SMILES string of the molecule is Cc1nc(C2(NS(=O)(=O)c3cc([N+](=O)[O-])ccc3C)CCCCC2)no1. The van der Waals surface area contributed by atoms with Crippen LogP contribution in [0.3, 0.4) is 0 Å². The molecule has 0 spiro atoms. The van der Waals surface area contributed by atoms with Crippen LogP contribution in [0.2, 0.25) is 0 Å². The zero-order chi connectivity index (χ0) is 18.9. The summed E-state index contributed by atoms with van der Waals surface area (Å²) >= 11 is 0. The number of aryl methyl sites for hydroxylation is 2. The maximum Gasteiger partial charge on any atom is 0.270 e. The Bertz CT molecular complexity index is 932. The number of nitro groups is 1. The number of benzene rings is 1. The number of aromatic nitrogens is 2. The van der Waals surface area contributed by atoms with Crippen molar-refractivity contribution >= 4 is 15.7 Å². The molecule has 0 bridgehead atoms. The van der Waals surface area contributed by atoms with Gasteiger partial charge in [-0.2, -0.15) is 9.71 Å². The Morgan fingerprint density at radius 1 is 1.23 bits per heavy atom. The summed E-state index contributed by atoms with van der Waals surface area (Å²) in [4.78, 5) is 14.5. The van der Waals surface area contributed by atoms with Gasteiger partial charge in [0.2, 0.25) is 15.9 Å². The summed E-state index contributed by atoms with van der Waals surface area (Å²) in [5.74, 6) is 0.664. The van der Waals surface area contributed by atoms with Gasteiger partial charge in [0.05, 0.1) is 15.4 Å². The normalized spacial score (nSPS) is 17.2. The molecule has 1 aromatic carbocycles. The van der Waals surface area contributed by atoms with Gasteiger partial charge in [-0.1, -0.05) is 30.5 Å². The van der Waals surface area contributed by atoms with Crippen molar-refractivity contribution in [3.05, 3.63) is 45.6 Å². The number of hydrogen-bond acceptors (Lipinski definition) is 7. The first-order valence-corrected chi connectivity index (χ1v) is 9.82. The summed E-state index contributed by atoms with van der Waals surface area (Å²) in [5.41, 5.74) is -0.811. The molecule has 1 saturated carbocycles. The molecule has 26 heavy (non-hydrogen) atoms. The molecule has 10 heteroatoms. The van der Waals surface area contributed by atoms with Gasteiger partial charge in [0, 0.05) is 19.1 Å². The Kier molecular flexibility index (Phi) is 4.80. The largest absolute Gasteiger partial charge is 0.340 e. The van der Waals surface area contributed by atoms with E-state index < -0.39 is 20.5 Å². The summed E-state index contributed by atoms with van der Waals surface area (Å²) in [7, 11) is -4.02. The zero-order valence-electron chi connectivity index (χ0n) is 14.6. The molecule has 0 amide bonds. The van der Waals surface area contributed by atoms with Crippen molar-refractivity contribution in [3.63, 3.8) is 0 Å². The quantitative estimate of drug-likeness (QED) is 0.624. The van der Waals surface area contributed by atoms with Crippen LogP contribution in [-0.2, 0) is 15.6 Å². The van der Waals surface area contributed by atoms with Crippen LogP contribution < -0.4 is 4.72 Å². The molecule has 0 aliphatic heterocycles. The minimum absolute atomic E-state index is 0.114. The number of nitrogens with one attached hydrogen (secondary N) is 1. The Labute approximate surface area is 151 Å². The monoisotopic (exact) mass is 380 g/mol. The van der Waals surface area contributed by atoms with Crippen LogP contribution in [0.5, 0.6) is 0 Å². The third kappa shape index (κ3) is 3.47. The summed E-state index contributed by atoms with van der Waals surface area (Å²) in [6.45, 7) is 3.25. The maximum atomic E-state index is 13.1. The van der Waals surface area contributed by atoms with Crippen molar-refractivity contribution in [1.29, 1.82) is 0 Å². The Morgan fingerprint density at radius 3 is 2.50 bits per heavy atom. The predicted molar refractivity (Wildman–Crippen MR) is 92.0 cm³/mol. The molecule has 1 aromatic heterocycles. The summed E-state index contributed by atoms with van der Waals surface area (Å²) in [5, 5.41) is 15.0. The van der Waals surface area contributed by atoms with Crippen molar-refractivity contribution in [2.75, 3.05) is 0 Å². The van der Waals surface area contributed by atoms with Crippen LogP contribution in [-0.4, -0.2) is 23.5 Å². The van der Waals surface area contributed by atoms with Crippen molar-refractivity contribution in [2.24, 2.45) is 0 Å². The van der Waals surface area contributed by atoms with E-state index in [1.807, 2.05) is 0 Å². The zero-order valence-corrected chi connectivity index (χ0v) is 15.4. The Hall–Kier alpha value is -2.33. The number of non-ortho nitro benzene ring substituents is 1. The second-order valence-electron chi connectivity index (χ2n) is 6.59.